The Morgan fingerprint density at radius 3 is 2.50 bits per heavy atom. The highest BCUT2D eigenvalue weighted by atomic mass is 35.5. The molecule has 1 aromatic heterocycles. The second kappa shape index (κ2) is 13.5. The van der Waals surface area contributed by atoms with Crippen LogP contribution in [-0.4, -0.2) is 23.8 Å². The fourth-order valence-corrected chi connectivity index (χ4v) is 6.99. The smallest absolute Gasteiger partial charge is 0.338 e. The van der Waals surface area contributed by atoms with Gasteiger partial charge in [0.1, 0.15) is 18.1 Å². The molecule has 10 heteroatoms. The second-order valence-electron chi connectivity index (χ2n) is 10.5. The van der Waals surface area contributed by atoms with Crippen molar-refractivity contribution in [1.82, 2.24) is 4.57 Å². The van der Waals surface area contributed by atoms with Gasteiger partial charge in [0.25, 0.3) is 5.56 Å². The lowest BCUT2D eigenvalue weighted by Gasteiger charge is -2.24. The zero-order valence-corrected chi connectivity index (χ0v) is 27.7. The molecule has 2 heterocycles. The molecule has 234 valence electrons. The monoisotopic (exact) mass is 672 g/mol. The molecule has 0 spiro atoms. The molecule has 1 atom stereocenters. The van der Waals surface area contributed by atoms with Crippen molar-refractivity contribution in [3.05, 3.63) is 137 Å². The van der Waals surface area contributed by atoms with Gasteiger partial charge in [0.15, 0.2) is 4.80 Å². The Morgan fingerprint density at radius 1 is 0.978 bits per heavy atom. The van der Waals surface area contributed by atoms with Crippen molar-refractivity contribution in [2.75, 3.05) is 13.2 Å². The molecule has 5 aromatic rings. The molecule has 7 nitrogen and oxygen atoms in total. The number of rotatable bonds is 9. The van der Waals surface area contributed by atoms with E-state index in [9.17, 15) is 9.59 Å². The van der Waals surface area contributed by atoms with Gasteiger partial charge in [-0.3, -0.25) is 9.36 Å². The van der Waals surface area contributed by atoms with Crippen molar-refractivity contribution in [2.45, 2.75) is 33.4 Å². The summed E-state index contributed by atoms with van der Waals surface area (Å²) < 4.78 is 19.4. The summed E-state index contributed by atoms with van der Waals surface area (Å²) in [5.74, 6) is 0.768. The summed E-state index contributed by atoms with van der Waals surface area (Å²) in [6.07, 6.45) is 1.84. The van der Waals surface area contributed by atoms with Crippen LogP contribution in [0.1, 0.15) is 43.5 Å². The summed E-state index contributed by atoms with van der Waals surface area (Å²) in [6.45, 7) is 6.35. The van der Waals surface area contributed by atoms with Gasteiger partial charge < -0.3 is 14.2 Å². The fourth-order valence-electron chi connectivity index (χ4n) is 5.50. The average Bonchev–Trinajstić information content (AvgIpc) is 3.35. The Balaban J connectivity index is 1.51. The van der Waals surface area contributed by atoms with Gasteiger partial charge in [0.05, 0.1) is 35.1 Å². The normalized spacial score (nSPS) is 14.6. The molecule has 0 bridgehead atoms. The van der Waals surface area contributed by atoms with E-state index in [2.05, 4.69) is 0 Å². The van der Waals surface area contributed by atoms with Crippen LogP contribution >= 0.6 is 34.5 Å². The van der Waals surface area contributed by atoms with E-state index in [1.165, 1.54) is 11.3 Å². The number of fused-ring (bicyclic) bond motifs is 2. The number of esters is 1. The van der Waals surface area contributed by atoms with Crippen molar-refractivity contribution < 1.29 is 19.0 Å². The number of allylic oxidation sites excluding steroid dienone is 1. The summed E-state index contributed by atoms with van der Waals surface area (Å²) in [6, 6.07) is 23.7. The number of carbonyl (C=O) groups is 1. The van der Waals surface area contributed by atoms with Crippen molar-refractivity contribution in [1.29, 1.82) is 0 Å². The first-order valence-corrected chi connectivity index (χ1v) is 16.4. The highest BCUT2D eigenvalue weighted by Gasteiger charge is 2.33. The van der Waals surface area contributed by atoms with E-state index in [1.807, 2.05) is 79.7 Å². The third-order valence-electron chi connectivity index (χ3n) is 7.63. The molecule has 0 saturated heterocycles. The van der Waals surface area contributed by atoms with Crippen LogP contribution in [0.4, 0.5) is 0 Å². The highest BCUT2D eigenvalue weighted by Crippen LogP contribution is 2.33. The third-order valence-corrected chi connectivity index (χ3v) is 9.20. The highest BCUT2D eigenvalue weighted by molar-refractivity contribution is 7.07. The van der Waals surface area contributed by atoms with Gasteiger partial charge in [0, 0.05) is 21.2 Å². The van der Waals surface area contributed by atoms with Crippen LogP contribution in [0.25, 0.3) is 16.8 Å². The number of ether oxygens (including phenoxy) is 3. The Morgan fingerprint density at radius 2 is 1.76 bits per heavy atom. The fraction of sp³-hybridized carbons (Fsp3) is 0.194. The van der Waals surface area contributed by atoms with Gasteiger partial charge >= 0.3 is 5.97 Å². The Bertz CT molecular complexity index is 2170. The van der Waals surface area contributed by atoms with Gasteiger partial charge in [-0.1, -0.05) is 83.1 Å². The molecule has 1 aliphatic rings. The Labute approximate surface area is 279 Å². The van der Waals surface area contributed by atoms with Crippen LogP contribution in [0.15, 0.2) is 99.9 Å². The summed E-state index contributed by atoms with van der Waals surface area (Å²) in [4.78, 5) is 32.8. The first-order chi connectivity index (χ1) is 22.3. The van der Waals surface area contributed by atoms with E-state index in [1.54, 1.807) is 30.5 Å². The van der Waals surface area contributed by atoms with E-state index in [0.29, 0.717) is 48.8 Å². The van der Waals surface area contributed by atoms with Crippen LogP contribution in [0.3, 0.4) is 0 Å². The van der Waals surface area contributed by atoms with Crippen LogP contribution in [0.2, 0.25) is 10.0 Å². The molecule has 0 unspecified atom stereocenters. The van der Waals surface area contributed by atoms with Crippen LogP contribution in [-0.2, 0) is 16.1 Å². The summed E-state index contributed by atoms with van der Waals surface area (Å²) >= 11 is 13.8. The maximum Gasteiger partial charge on any atom is 0.338 e. The molecule has 46 heavy (non-hydrogen) atoms. The summed E-state index contributed by atoms with van der Waals surface area (Å²) in [5.41, 5.74) is 2.80. The second-order valence-corrected chi connectivity index (χ2v) is 12.4. The number of carbonyl (C=O) groups excluding carboxylic acids is 1. The minimum Gasteiger partial charge on any atom is -0.494 e. The standard InChI is InChI=1S/C36H30Cl2N2O5S/c1-4-43-26-15-11-23(12-16-26)33-32(35(42)44-5-2)21(3)39-36-40(33)34(41)31(46-36)19-28-27-9-7-6-8-22(27)13-17-30(28)45-20-24-10-14-25(37)18-29(24)38/h6-19,33H,4-5,20H2,1-3H3/b31-19-/t33-/m0/s1. The molecular weight excluding hydrogens is 643 g/mol. The van der Waals surface area contributed by atoms with E-state index in [-0.39, 0.29) is 18.8 Å². The molecule has 0 fully saturated rings. The number of nitrogens with zero attached hydrogens (tertiary/aromatic N) is 2. The van der Waals surface area contributed by atoms with E-state index < -0.39 is 12.0 Å². The van der Waals surface area contributed by atoms with Crippen LogP contribution in [0.5, 0.6) is 11.5 Å². The van der Waals surface area contributed by atoms with E-state index in [4.69, 9.17) is 42.4 Å². The summed E-state index contributed by atoms with van der Waals surface area (Å²) in [7, 11) is 0. The van der Waals surface area contributed by atoms with Gasteiger partial charge in [-0.05, 0) is 73.5 Å². The van der Waals surface area contributed by atoms with Gasteiger partial charge in [0.2, 0.25) is 0 Å². The van der Waals surface area contributed by atoms with Crippen LogP contribution < -0.4 is 24.4 Å². The third kappa shape index (κ3) is 6.20. The lowest BCUT2D eigenvalue weighted by Crippen LogP contribution is -2.39. The Hall–Kier alpha value is -4.37. The average molecular weight is 674 g/mol. The zero-order valence-electron chi connectivity index (χ0n) is 25.4. The van der Waals surface area contributed by atoms with Crippen molar-refractivity contribution in [3.63, 3.8) is 0 Å². The minimum absolute atomic E-state index is 0.196. The largest absolute Gasteiger partial charge is 0.494 e. The summed E-state index contributed by atoms with van der Waals surface area (Å²) in [5, 5.41) is 2.95. The zero-order chi connectivity index (χ0) is 32.4. The van der Waals surface area contributed by atoms with Crippen molar-refractivity contribution in [2.24, 2.45) is 4.99 Å². The number of thiazole rings is 1. The topological polar surface area (TPSA) is 79.1 Å². The lowest BCUT2D eigenvalue weighted by molar-refractivity contribution is -0.139. The molecular formula is C36H30Cl2N2O5S. The SMILES string of the molecule is CCOC(=O)C1=C(C)N=c2s/c(=C\c3c(OCc4ccc(Cl)cc4Cl)ccc4ccccc34)c(=O)n2[C@H]1c1ccc(OCC)cc1. The van der Waals surface area contributed by atoms with E-state index in [0.717, 1.165) is 27.5 Å². The number of hydrogen-bond donors (Lipinski definition) is 0. The molecule has 0 aliphatic carbocycles. The first kappa shape index (κ1) is 31.6. The Kier molecular flexibility index (Phi) is 9.31. The molecule has 6 rings (SSSR count). The molecule has 0 radical (unpaired) electrons. The maximum atomic E-state index is 14.3. The first-order valence-electron chi connectivity index (χ1n) is 14.8. The molecule has 0 amide bonds. The number of hydrogen-bond acceptors (Lipinski definition) is 7. The molecule has 4 aromatic carbocycles. The molecule has 0 saturated carbocycles. The van der Waals surface area contributed by atoms with Crippen molar-refractivity contribution in [3.8, 4) is 11.5 Å². The number of halogens is 2. The van der Waals surface area contributed by atoms with Gasteiger partial charge in [-0.25, -0.2) is 9.79 Å². The molecule has 1 aliphatic heterocycles. The van der Waals surface area contributed by atoms with Crippen molar-refractivity contribution >= 4 is 57.4 Å². The lowest BCUT2D eigenvalue weighted by atomic mass is 9.96. The van der Waals surface area contributed by atoms with E-state index >= 15 is 0 Å². The number of aromatic nitrogens is 1. The van der Waals surface area contributed by atoms with Crippen LogP contribution in [0, 0.1) is 0 Å². The predicted octanol–water partition coefficient (Wildman–Crippen LogP) is 7.24. The molecule has 0 N–H and O–H groups in total. The number of benzene rings is 4. The maximum absolute atomic E-state index is 14.3. The predicted molar refractivity (Wildman–Crippen MR) is 183 cm³/mol. The minimum atomic E-state index is -0.733. The quantitative estimate of drug-likeness (QED) is 0.154. The van der Waals surface area contributed by atoms with Gasteiger partial charge in [-0.2, -0.15) is 0 Å². The van der Waals surface area contributed by atoms with Gasteiger partial charge in [-0.15, -0.1) is 0 Å².